The summed E-state index contributed by atoms with van der Waals surface area (Å²) in [5.74, 6) is -1.37. The Balaban J connectivity index is 4.50. The molecule has 0 aromatic carbocycles. The van der Waals surface area contributed by atoms with E-state index in [9.17, 15) is 14.4 Å². The van der Waals surface area contributed by atoms with Crippen LogP contribution in [0.1, 0.15) is 155 Å². The number of hydrogen-bond acceptors (Lipinski definition) is 8. The minimum Gasteiger partial charge on any atom is -0.462 e. The van der Waals surface area contributed by atoms with Crippen LogP contribution in [0.3, 0.4) is 0 Å². The molecule has 10 heteroatoms. The molecule has 0 aliphatic heterocycles. The highest BCUT2D eigenvalue weighted by Crippen LogP contribution is 2.13. The average molecular weight is 613 g/mol. The lowest BCUT2D eigenvalue weighted by Gasteiger charge is -2.19. The summed E-state index contributed by atoms with van der Waals surface area (Å²) < 4.78 is 16.3. The Hall–Kier alpha value is -2.36. The summed E-state index contributed by atoms with van der Waals surface area (Å²) in [6.45, 7) is 4.40. The van der Waals surface area contributed by atoms with Gasteiger partial charge in [-0.25, -0.2) is 0 Å². The Morgan fingerprint density at radius 3 is 1.53 bits per heavy atom. The zero-order valence-corrected chi connectivity index (χ0v) is 27.5. The molecule has 0 bridgehead atoms. The van der Waals surface area contributed by atoms with Crippen molar-refractivity contribution in [2.24, 2.45) is 22.2 Å². The topological polar surface area (TPSA) is 169 Å². The van der Waals surface area contributed by atoms with E-state index in [0.29, 0.717) is 25.8 Å². The predicted octanol–water partition coefficient (Wildman–Crippen LogP) is 6.21. The van der Waals surface area contributed by atoms with Crippen LogP contribution < -0.4 is 17.2 Å². The van der Waals surface area contributed by atoms with Gasteiger partial charge in [0.05, 0.1) is 0 Å². The molecule has 0 spiro atoms. The second kappa shape index (κ2) is 29.7. The van der Waals surface area contributed by atoms with Crippen molar-refractivity contribution in [1.82, 2.24) is 0 Å². The van der Waals surface area contributed by atoms with Crippen LogP contribution in [0, 0.1) is 0 Å². The molecule has 0 saturated heterocycles. The normalized spacial score (nSPS) is 12.3. The standard InChI is InChI=1S/C33H64N4O6/c1-3-5-7-9-11-13-15-17-19-23-30(38)41-26-28(27-42-32(40)29(34)22-21-25-37-33(35)36)43-31(39)24-20-18-16-14-12-10-8-6-4-2/h28-29H,3-27,34H2,1-2H3,(H4,35,36,37)/t28-,29-/m0/s1. The van der Waals surface area contributed by atoms with Crippen LogP contribution in [0.5, 0.6) is 0 Å². The lowest BCUT2D eigenvalue weighted by Crippen LogP contribution is -2.36. The van der Waals surface area contributed by atoms with Gasteiger partial charge in [0.1, 0.15) is 19.3 Å². The van der Waals surface area contributed by atoms with Crippen LogP contribution in [-0.2, 0) is 28.6 Å². The number of aliphatic imine (C=N–C) groups is 1. The summed E-state index contributed by atoms with van der Waals surface area (Å²) in [5.41, 5.74) is 16.5. The van der Waals surface area contributed by atoms with Gasteiger partial charge in [0, 0.05) is 19.4 Å². The highest BCUT2D eigenvalue weighted by Gasteiger charge is 2.22. The lowest BCUT2D eigenvalue weighted by atomic mass is 10.1. The molecule has 0 saturated carbocycles. The van der Waals surface area contributed by atoms with Gasteiger partial charge < -0.3 is 31.4 Å². The fraction of sp³-hybridized carbons (Fsp3) is 0.879. The van der Waals surface area contributed by atoms with Crippen LogP contribution in [0.25, 0.3) is 0 Å². The molecule has 0 rings (SSSR count). The number of esters is 3. The monoisotopic (exact) mass is 612 g/mol. The number of rotatable bonds is 30. The molecule has 0 aromatic rings. The van der Waals surface area contributed by atoms with E-state index in [2.05, 4.69) is 18.8 Å². The van der Waals surface area contributed by atoms with Gasteiger partial charge in [-0.1, -0.05) is 117 Å². The third-order valence-electron chi connectivity index (χ3n) is 7.38. The minimum absolute atomic E-state index is 0.0180. The number of hydrogen-bond donors (Lipinski definition) is 3. The minimum atomic E-state index is -0.879. The molecule has 43 heavy (non-hydrogen) atoms. The molecular formula is C33H64N4O6. The number of carbonyl (C=O) groups excluding carboxylic acids is 3. The Bertz CT molecular complexity index is 730. The van der Waals surface area contributed by atoms with E-state index < -0.39 is 18.1 Å². The maximum atomic E-state index is 12.5. The van der Waals surface area contributed by atoms with E-state index in [1.54, 1.807) is 0 Å². The van der Waals surface area contributed by atoms with Crippen molar-refractivity contribution in [2.75, 3.05) is 19.8 Å². The summed E-state index contributed by atoms with van der Waals surface area (Å²) >= 11 is 0. The summed E-state index contributed by atoms with van der Waals surface area (Å²) in [4.78, 5) is 41.1. The van der Waals surface area contributed by atoms with Gasteiger partial charge in [-0.15, -0.1) is 0 Å². The Morgan fingerprint density at radius 1 is 0.605 bits per heavy atom. The van der Waals surface area contributed by atoms with Gasteiger partial charge in [0.25, 0.3) is 0 Å². The highest BCUT2D eigenvalue weighted by molar-refractivity contribution is 5.76. The quantitative estimate of drug-likeness (QED) is 0.0281. The first-order valence-electron chi connectivity index (χ1n) is 17.1. The third-order valence-corrected chi connectivity index (χ3v) is 7.38. The molecule has 2 atom stereocenters. The maximum absolute atomic E-state index is 12.5. The summed E-state index contributed by atoms with van der Waals surface area (Å²) in [6.07, 6.45) is 21.3. The predicted molar refractivity (Wildman–Crippen MR) is 173 cm³/mol. The molecule has 0 aliphatic rings. The number of ether oxygens (including phenoxy) is 3. The van der Waals surface area contributed by atoms with Crippen molar-refractivity contribution < 1.29 is 28.6 Å². The first-order chi connectivity index (χ1) is 20.8. The van der Waals surface area contributed by atoms with Gasteiger partial charge >= 0.3 is 17.9 Å². The maximum Gasteiger partial charge on any atom is 0.323 e. The Kier molecular flexibility index (Phi) is 28.1. The zero-order chi connectivity index (χ0) is 32.0. The van der Waals surface area contributed by atoms with E-state index in [1.165, 1.54) is 77.0 Å². The van der Waals surface area contributed by atoms with Crippen LogP contribution in [0.4, 0.5) is 0 Å². The number of guanidine groups is 1. The van der Waals surface area contributed by atoms with Crippen molar-refractivity contribution in [2.45, 2.75) is 167 Å². The molecular weight excluding hydrogens is 548 g/mol. The molecule has 0 unspecified atom stereocenters. The lowest BCUT2D eigenvalue weighted by molar-refractivity contribution is -0.167. The summed E-state index contributed by atoms with van der Waals surface area (Å²) in [7, 11) is 0. The molecule has 0 radical (unpaired) electrons. The molecule has 0 aromatic heterocycles. The number of nitrogens with zero attached hydrogens (tertiary/aromatic N) is 1. The molecule has 0 aliphatic carbocycles. The molecule has 0 heterocycles. The molecule has 6 N–H and O–H groups in total. The van der Waals surface area contributed by atoms with Crippen molar-refractivity contribution in [3.05, 3.63) is 0 Å². The number of carbonyl (C=O) groups is 3. The van der Waals surface area contributed by atoms with E-state index in [-0.39, 0.29) is 37.5 Å². The van der Waals surface area contributed by atoms with Gasteiger partial charge in [-0.2, -0.15) is 0 Å². The first-order valence-corrected chi connectivity index (χ1v) is 17.1. The second-order valence-corrected chi connectivity index (χ2v) is 11.6. The smallest absolute Gasteiger partial charge is 0.323 e. The molecule has 10 nitrogen and oxygen atoms in total. The fourth-order valence-electron chi connectivity index (χ4n) is 4.70. The number of nitrogens with two attached hydrogens (primary N) is 3. The zero-order valence-electron chi connectivity index (χ0n) is 27.5. The van der Waals surface area contributed by atoms with Crippen molar-refractivity contribution in [3.63, 3.8) is 0 Å². The third kappa shape index (κ3) is 28.2. The summed E-state index contributed by atoms with van der Waals surface area (Å²) in [6, 6.07) is -0.860. The van der Waals surface area contributed by atoms with Crippen LogP contribution in [0.15, 0.2) is 4.99 Å². The van der Waals surface area contributed by atoms with Crippen LogP contribution in [0.2, 0.25) is 0 Å². The van der Waals surface area contributed by atoms with Gasteiger partial charge in [-0.3, -0.25) is 19.4 Å². The van der Waals surface area contributed by atoms with Crippen molar-refractivity contribution in [3.8, 4) is 0 Å². The van der Waals surface area contributed by atoms with Gasteiger partial charge in [0.2, 0.25) is 0 Å². The highest BCUT2D eigenvalue weighted by atomic mass is 16.6. The van der Waals surface area contributed by atoms with Crippen molar-refractivity contribution >= 4 is 23.9 Å². The number of unbranched alkanes of at least 4 members (excludes halogenated alkanes) is 16. The summed E-state index contributed by atoms with van der Waals surface area (Å²) in [5, 5.41) is 0. The Labute approximate surface area is 261 Å². The van der Waals surface area contributed by atoms with Crippen molar-refractivity contribution in [1.29, 1.82) is 0 Å². The largest absolute Gasteiger partial charge is 0.462 e. The Morgan fingerprint density at radius 2 is 1.05 bits per heavy atom. The molecule has 0 fully saturated rings. The average Bonchev–Trinajstić information content (AvgIpc) is 2.98. The van der Waals surface area contributed by atoms with Crippen LogP contribution in [-0.4, -0.2) is 55.8 Å². The SMILES string of the molecule is CCCCCCCCCCCC(=O)OC[C@@H](COC(=O)[C@@H](N)CCCN=C(N)N)OC(=O)CCCCCCCCCCC. The van der Waals surface area contributed by atoms with E-state index in [4.69, 9.17) is 31.4 Å². The molecule has 0 amide bonds. The first kappa shape index (κ1) is 40.6. The van der Waals surface area contributed by atoms with Gasteiger partial charge in [-0.05, 0) is 25.7 Å². The van der Waals surface area contributed by atoms with E-state index in [0.717, 1.165) is 38.5 Å². The van der Waals surface area contributed by atoms with Crippen LogP contribution >= 0.6 is 0 Å². The second-order valence-electron chi connectivity index (χ2n) is 11.6. The fourth-order valence-corrected chi connectivity index (χ4v) is 4.70. The molecule has 252 valence electrons. The van der Waals surface area contributed by atoms with Gasteiger partial charge in [0.15, 0.2) is 12.1 Å². The van der Waals surface area contributed by atoms with E-state index in [1.807, 2.05) is 0 Å². The van der Waals surface area contributed by atoms with E-state index >= 15 is 0 Å².